The van der Waals surface area contributed by atoms with E-state index in [0.29, 0.717) is 24.1 Å². The molecule has 0 unspecified atom stereocenters. The Labute approximate surface area is 150 Å². The predicted molar refractivity (Wildman–Crippen MR) is 102 cm³/mol. The number of nitrogens with zero attached hydrogens (tertiary/aromatic N) is 2. The van der Waals surface area contributed by atoms with Gasteiger partial charge < -0.3 is 10.6 Å². The van der Waals surface area contributed by atoms with Crippen LogP contribution in [0.5, 0.6) is 0 Å². The third-order valence-electron chi connectivity index (χ3n) is 4.13. The lowest BCUT2D eigenvalue weighted by Gasteiger charge is -2.14. The molecule has 134 valence electrons. The molecular formula is C20H28N4O. The third-order valence-corrected chi connectivity index (χ3v) is 4.13. The van der Waals surface area contributed by atoms with Crippen LogP contribution in [0.4, 0.5) is 11.6 Å². The Balaban J connectivity index is 2.16. The van der Waals surface area contributed by atoms with Gasteiger partial charge in [0.1, 0.15) is 5.69 Å². The Kier molecular flexibility index (Phi) is 6.92. The molecule has 2 rings (SSSR count). The zero-order valence-electron chi connectivity index (χ0n) is 15.6. The van der Waals surface area contributed by atoms with Crippen LogP contribution in [-0.2, 0) is 12.8 Å². The summed E-state index contributed by atoms with van der Waals surface area (Å²) < 4.78 is 0. The molecule has 0 fully saturated rings. The molecule has 0 bridgehead atoms. The molecule has 0 saturated carbocycles. The summed E-state index contributed by atoms with van der Waals surface area (Å²) in [4.78, 5) is 20.9. The van der Waals surface area contributed by atoms with E-state index in [1.165, 1.54) is 11.1 Å². The average Bonchev–Trinajstić information content (AvgIpc) is 2.61. The van der Waals surface area contributed by atoms with Crippen molar-refractivity contribution in [3.8, 4) is 0 Å². The number of benzene rings is 1. The highest BCUT2D eigenvalue weighted by molar-refractivity contribution is 5.92. The van der Waals surface area contributed by atoms with Gasteiger partial charge in [0.05, 0.1) is 0 Å². The lowest BCUT2D eigenvalue weighted by Crippen LogP contribution is -2.26. The van der Waals surface area contributed by atoms with Gasteiger partial charge in [-0.05, 0) is 42.4 Å². The van der Waals surface area contributed by atoms with Crippen LogP contribution in [0, 0.1) is 5.92 Å². The van der Waals surface area contributed by atoms with Crippen LogP contribution in [0.1, 0.15) is 55.7 Å². The molecule has 5 heteroatoms. The molecule has 25 heavy (non-hydrogen) atoms. The van der Waals surface area contributed by atoms with Gasteiger partial charge in [-0.15, -0.1) is 0 Å². The van der Waals surface area contributed by atoms with Crippen molar-refractivity contribution in [2.24, 2.45) is 5.92 Å². The summed E-state index contributed by atoms with van der Waals surface area (Å²) in [5.41, 5.74) is 3.86. The van der Waals surface area contributed by atoms with Crippen LogP contribution in [0.3, 0.4) is 0 Å². The van der Waals surface area contributed by atoms with Gasteiger partial charge in [0.15, 0.2) is 0 Å². The normalized spacial score (nSPS) is 10.8. The molecule has 0 radical (unpaired) electrons. The van der Waals surface area contributed by atoms with E-state index in [-0.39, 0.29) is 5.91 Å². The first-order valence-corrected chi connectivity index (χ1v) is 9.04. The number of nitrogens with one attached hydrogen (secondary N) is 2. The average molecular weight is 340 g/mol. The van der Waals surface area contributed by atoms with Crippen molar-refractivity contribution in [2.75, 3.05) is 11.9 Å². The van der Waals surface area contributed by atoms with E-state index >= 15 is 0 Å². The SMILES string of the molecule is CCc1cccc(CC)c1Nc1nccc(C(=O)NCCC(C)C)n1. The van der Waals surface area contributed by atoms with Gasteiger partial charge >= 0.3 is 0 Å². The molecular weight excluding hydrogens is 312 g/mol. The van der Waals surface area contributed by atoms with E-state index in [2.05, 4.69) is 66.5 Å². The Bertz CT molecular complexity index is 690. The minimum Gasteiger partial charge on any atom is -0.351 e. The van der Waals surface area contributed by atoms with E-state index in [1.54, 1.807) is 12.3 Å². The van der Waals surface area contributed by atoms with E-state index in [9.17, 15) is 4.79 Å². The van der Waals surface area contributed by atoms with Crippen molar-refractivity contribution in [1.29, 1.82) is 0 Å². The van der Waals surface area contributed by atoms with Crippen LogP contribution < -0.4 is 10.6 Å². The number of para-hydroxylation sites is 1. The number of hydrogen-bond donors (Lipinski definition) is 2. The second-order valence-corrected chi connectivity index (χ2v) is 6.49. The summed E-state index contributed by atoms with van der Waals surface area (Å²) >= 11 is 0. The van der Waals surface area contributed by atoms with Crippen molar-refractivity contribution in [3.05, 3.63) is 47.3 Å². The summed E-state index contributed by atoms with van der Waals surface area (Å²) in [5.74, 6) is 0.846. The molecule has 2 aromatic rings. The maximum Gasteiger partial charge on any atom is 0.270 e. The molecule has 0 saturated heterocycles. The highest BCUT2D eigenvalue weighted by Crippen LogP contribution is 2.25. The van der Waals surface area contributed by atoms with Crippen molar-refractivity contribution in [1.82, 2.24) is 15.3 Å². The molecule has 1 aromatic heterocycles. The smallest absolute Gasteiger partial charge is 0.270 e. The van der Waals surface area contributed by atoms with Gasteiger partial charge in [0.25, 0.3) is 5.91 Å². The highest BCUT2D eigenvalue weighted by Gasteiger charge is 2.11. The fourth-order valence-corrected chi connectivity index (χ4v) is 2.63. The number of rotatable bonds is 8. The van der Waals surface area contributed by atoms with Crippen LogP contribution >= 0.6 is 0 Å². The van der Waals surface area contributed by atoms with Gasteiger partial charge in [0, 0.05) is 18.4 Å². The number of carbonyl (C=O) groups is 1. The van der Waals surface area contributed by atoms with Crippen LogP contribution in [-0.4, -0.2) is 22.4 Å². The van der Waals surface area contributed by atoms with Gasteiger partial charge in [-0.3, -0.25) is 4.79 Å². The zero-order valence-corrected chi connectivity index (χ0v) is 15.6. The summed E-state index contributed by atoms with van der Waals surface area (Å²) in [6, 6.07) is 7.92. The van der Waals surface area contributed by atoms with Gasteiger partial charge in [-0.2, -0.15) is 0 Å². The fourth-order valence-electron chi connectivity index (χ4n) is 2.63. The van der Waals surface area contributed by atoms with Crippen molar-refractivity contribution >= 4 is 17.5 Å². The maximum absolute atomic E-state index is 12.2. The summed E-state index contributed by atoms with van der Waals surface area (Å²) in [5, 5.41) is 6.22. The topological polar surface area (TPSA) is 66.9 Å². The first-order chi connectivity index (χ1) is 12.0. The highest BCUT2D eigenvalue weighted by atomic mass is 16.1. The van der Waals surface area contributed by atoms with Gasteiger partial charge in [-0.1, -0.05) is 45.9 Å². The molecule has 0 spiro atoms. The minimum atomic E-state index is -0.161. The zero-order chi connectivity index (χ0) is 18.2. The molecule has 0 aliphatic carbocycles. The second kappa shape index (κ2) is 9.16. The number of hydrogen-bond acceptors (Lipinski definition) is 4. The molecule has 1 aromatic carbocycles. The fraction of sp³-hybridized carbons (Fsp3) is 0.450. The predicted octanol–water partition coefficient (Wildman–Crippen LogP) is 4.12. The first kappa shape index (κ1) is 18.9. The van der Waals surface area contributed by atoms with E-state index in [4.69, 9.17) is 0 Å². The van der Waals surface area contributed by atoms with Gasteiger partial charge in [0.2, 0.25) is 5.95 Å². The molecule has 1 heterocycles. The Hall–Kier alpha value is -2.43. The standard InChI is InChI=1S/C20H28N4O/c1-5-15-8-7-9-16(6-2)18(15)24-20-22-13-11-17(23-20)19(25)21-12-10-14(3)4/h7-9,11,13-14H,5-6,10,12H2,1-4H3,(H,21,25)(H,22,23,24). The van der Waals surface area contributed by atoms with E-state index < -0.39 is 0 Å². The van der Waals surface area contributed by atoms with E-state index in [0.717, 1.165) is 24.9 Å². The monoisotopic (exact) mass is 340 g/mol. The number of aryl methyl sites for hydroxylation is 2. The lowest BCUT2D eigenvalue weighted by atomic mass is 10.0. The number of amides is 1. The van der Waals surface area contributed by atoms with E-state index in [1.807, 2.05) is 0 Å². The third kappa shape index (κ3) is 5.28. The van der Waals surface area contributed by atoms with Gasteiger partial charge in [-0.25, -0.2) is 9.97 Å². The summed E-state index contributed by atoms with van der Waals surface area (Å²) in [6.45, 7) is 9.17. The Morgan fingerprint density at radius 2 is 1.80 bits per heavy atom. The van der Waals surface area contributed by atoms with Crippen LogP contribution in [0.25, 0.3) is 0 Å². The van der Waals surface area contributed by atoms with Crippen LogP contribution in [0.2, 0.25) is 0 Å². The second-order valence-electron chi connectivity index (χ2n) is 6.49. The molecule has 0 aliphatic rings. The minimum absolute atomic E-state index is 0.161. The molecule has 0 aliphatic heterocycles. The largest absolute Gasteiger partial charge is 0.351 e. The quantitative estimate of drug-likeness (QED) is 0.758. The first-order valence-electron chi connectivity index (χ1n) is 9.04. The number of anilines is 2. The Morgan fingerprint density at radius 1 is 1.12 bits per heavy atom. The molecule has 1 amide bonds. The van der Waals surface area contributed by atoms with Crippen molar-refractivity contribution in [3.63, 3.8) is 0 Å². The maximum atomic E-state index is 12.2. The molecule has 5 nitrogen and oxygen atoms in total. The molecule has 0 atom stereocenters. The molecule has 2 N–H and O–H groups in total. The number of aromatic nitrogens is 2. The summed E-state index contributed by atoms with van der Waals surface area (Å²) in [7, 11) is 0. The summed E-state index contributed by atoms with van der Waals surface area (Å²) in [6.07, 6.45) is 4.41. The lowest BCUT2D eigenvalue weighted by molar-refractivity contribution is 0.0947. The van der Waals surface area contributed by atoms with Crippen molar-refractivity contribution < 1.29 is 4.79 Å². The van der Waals surface area contributed by atoms with Crippen molar-refractivity contribution in [2.45, 2.75) is 47.0 Å². The van der Waals surface area contributed by atoms with Crippen LogP contribution in [0.15, 0.2) is 30.5 Å². The number of carbonyl (C=O) groups excluding carboxylic acids is 1. The Morgan fingerprint density at radius 3 is 2.40 bits per heavy atom.